The summed E-state index contributed by atoms with van der Waals surface area (Å²) in [5.74, 6) is -0.902. The predicted octanol–water partition coefficient (Wildman–Crippen LogP) is 3.63. The molecule has 1 heterocycles. The van der Waals surface area contributed by atoms with Crippen LogP contribution in [0.5, 0.6) is 0 Å². The summed E-state index contributed by atoms with van der Waals surface area (Å²) in [4.78, 5) is 3.19. The van der Waals surface area contributed by atoms with Gasteiger partial charge in [0, 0.05) is 22.7 Å². The Balaban J connectivity index is 2.42. The number of benzene rings is 1. The number of H-pyrrole nitrogens is 1. The van der Waals surface area contributed by atoms with Gasteiger partial charge in [0.1, 0.15) is 11.6 Å². The predicted molar refractivity (Wildman–Crippen MR) is 59.6 cm³/mol. The van der Waals surface area contributed by atoms with Crippen LogP contribution in [-0.2, 0) is 12.8 Å². The van der Waals surface area contributed by atoms with Crippen molar-refractivity contribution in [1.29, 1.82) is 0 Å². The summed E-state index contributed by atoms with van der Waals surface area (Å²) < 4.78 is 27.2. The molecule has 3 heteroatoms. The summed E-state index contributed by atoms with van der Waals surface area (Å²) in [6.45, 7) is 1.69. The third-order valence-electron chi connectivity index (χ3n) is 3.52. The van der Waals surface area contributed by atoms with Gasteiger partial charge in [0.05, 0.1) is 5.52 Å². The zero-order valence-corrected chi connectivity index (χ0v) is 9.16. The van der Waals surface area contributed by atoms with E-state index in [1.54, 1.807) is 6.92 Å². The smallest absolute Gasteiger partial charge is 0.135 e. The van der Waals surface area contributed by atoms with Gasteiger partial charge >= 0.3 is 0 Å². The van der Waals surface area contributed by atoms with E-state index < -0.39 is 11.6 Å². The Morgan fingerprint density at radius 1 is 1.12 bits per heavy atom. The van der Waals surface area contributed by atoms with Crippen molar-refractivity contribution in [3.05, 3.63) is 34.5 Å². The summed E-state index contributed by atoms with van der Waals surface area (Å²) in [6, 6.07) is 1.00. The molecule has 1 N–H and O–H groups in total. The number of nitrogens with one attached hydrogen (secondary N) is 1. The summed E-state index contributed by atoms with van der Waals surface area (Å²) in [5, 5.41) is 0.605. The first-order valence-electron chi connectivity index (χ1n) is 5.66. The zero-order chi connectivity index (χ0) is 11.3. The Labute approximate surface area is 92.5 Å². The molecule has 1 aromatic carbocycles. The fraction of sp³-hybridized carbons (Fsp3) is 0.385. The monoisotopic (exact) mass is 221 g/mol. The van der Waals surface area contributed by atoms with Crippen LogP contribution in [-0.4, -0.2) is 4.98 Å². The van der Waals surface area contributed by atoms with E-state index in [0.29, 0.717) is 16.5 Å². The van der Waals surface area contributed by atoms with Crippen LogP contribution in [0.2, 0.25) is 0 Å². The minimum absolute atomic E-state index is 0.433. The molecule has 84 valence electrons. The first-order valence-corrected chi connectivity index (χ1v) is 5.66. The Bertz CT molecular complexity index is 569. The third kappa shape index (κ3) is 1.20. The third-order valence-corrected chi connectivity index (χ3v) is 3.52. The fourth-order valence-electron chi connectivity index (χ4n) is 2.64. The fourth-order valence-corrected chi connectivity index (χ4v) is 2.64. The Morgan fingerprint density at radius 3 is 2.69 bits per heavy atom. The molecule has 0 fully saturated rings. The van der Waals surface area contributed by atoms with Crippen LogP contribution >= 0.6 is 0 Å². The summed E-state index contributed by atoms with van der Waals surface area (Å²) in [7, 11) is 0. The van der Waals surface area contributed by atoms with Crippen molar-refractivity contribution in [2.45, 2.75) is 32.6 Å². The number of aryl methyl sites for hydroxylation is 3. The van der Waals surface area contributed by atoms with Crippen LogP contribution in [0.1, 0.15) is 29.7 Å². The number of hydrogen-bond donors (Lipinski definition) is 1. The van der Waals surface area contributed by atoms with E-state index in [1.165, 1.54) is 0 Å². The first kappa shape index (κ1) is 9.82. The highest BCUT2D eigenvalue weighted by Crippen LogP contribution is 2.33. The van der Waals surface area contributed by atoms with Crippen molar-refractivity contribution in [2.75, 3.05) is 0 Å². The van der Waals surface area contributed by atoms with E-state index >= 15 is 0 Å². The minimum Gasteiger partial charge on any atom is -0.358 e. The highest BCUT2D eigenvalue weighted by Gasteiger charge is 2.20. The maximum Gasteiger partial charge on any atom is 0.135 e. The van der Waals surface area contributed by atoms with Crippen molar-refractivity contribution in [2.24, 2.45) is 0 Å². The van der Waals surface area contributed by atoms with Crippen LogP contribution in [0.25, 0.3) is 10.9 Å². The van der Waals surface area contributed by atoms with E-state index in [9.17, 15) is 8.78 Å². The average Bonchev–Trinajstić information content (AvgIpc) is 2.65. The summed E-state index contributed by atoms with van der Waals surface area (Å²) in [6.07, 6.45) is 4.07. The Morgan fingerprint density at radius 2 is 1.88 bits per heavy atom. The van der Waals surface area contributed by atoms with E-state index in [4.69, 9.17) is 0 Å². The Kier molecular flexibility index (Phi) is 2.03. The van der Waals surface area contributed by atoms with Crippen molar-refractivity contribution in [3.8, 4) is 0 Å². The average molecular weight is 221 g/mol. The number of hydrogen-bond acceptors (Lipinski definition) is 0. The molecular formula is C13H13F2N. The molecule has 0 aliphatic heterocycles. The van der Waals surface area contributed by atoms with Gasteiger partial charge in [-0.3, -0.25) is 0 Å². The lowest BCUT2D eigenvalue weighted by Crippen LogP contribution is -2.00. The Hall–Kier alpha value is -1.38. The molecule has 1 aliphatic carbocycles. The molecule has 0 bridgehead atoms. The number of aromatic nitrogens is 1. The van der Waals surface area contributed by atoms with Gasteiger partial charge in [-0.1, -0.05) is 0 Å². The van der Waals surface area contributed by atoms with Crippen LogP contribution in [0.3, 0.4) is 0 Å². The SMILES string of the molecule is Cc1c(F)cc(F)c2c3c([nH]c12)CCCC3. The van der Waals surface area contributed by atoms with E-state index in [0.717, 1.165) is 43.0 Å². The van der Waals surface area contributed by atoms with Gasteiger partial charge in [-0.15, -0.1) is 0 Å². The van der Waals surface area contributed by atoms with Crippen molar-refractivity contribution in [3.63, 3.8) is 0 Å². The molecule has 1 aliphatic rings. The van der Waals surface area contributed by atoms with Gasteiger partial charge in [-0.2, -0.15) is 0 Å². The first-order chi connectivity index (χ1) is 7.68. The highest BCUT2D eigenvalue weighted by atomic mass is 19.1. The molecule has 0 saturated heterocycles. The minimum atomic E-state index is -0.469. The van der Waals surface area contributed by atoms with Gasteiger partial charge < -0.3 is 4.98 Å². The number of rotatable bonds is 0. The molecule has 1 aromatic heterocycles. The van der Waals surface area contributed by atoms with Crippen LogP contribution in [0.15, 0.2) is 6.07 Å². The number of aromatic amines is 1. The summed E-state index contributed by atoms with van der Waals surface area (Å²) in [5.41, 5.74) is 3.31. The van der Waals surface area contributed by atoms with Crippen molar-refractivity contribution < 1.29 is 8.78 Å². The second-order valence-electron chi connectivity index (χ2n) is 4.50. The van der Waals surface area contributed by atoms with Gasteiger partial charge in [-0.25, -0.2) is 8.78 Å². The number of halogens is 2. The molecule has 0 atom stereocenters. The van der Waals surface area contributed by atoms with Crippen molar-refractivity contribution in [1.82, 2.24) is 4.98 Å². The van der Waals surface area contributed by atoms with Gasteiger partial charge in [-0.05, 0) is 38.2 Å². The lowest BCUT2D eigenvalue weighted by molar-refractivity contribution is 0.585. The molecule has 0 spiro atoms. The molecule has 3 rings (SSSR count). The molecule has 16 heavy (non-hydrogen) atoms. The van der Waals surface area contributed by atoms with Crippen LogP contribution < -0.4 is 0 Å². The summed E-state index contributed by atoms with van der Waals surface area (Å²) >= 11 is 0. The quantitative estimate of drug-likeness (QED) is 0.699. The van der Waals surface area contributed by atoms with E-state index in [2.05, 4.69) is 4.98 Å². The lowest BCUT2D eigenvalue weighted by atomic mass is 9.95. The van der Waals surface area contributed by atoms with Gasteiger partial charge in [0.2, 0.25) is 0 Å². The molecule has 0 saturated carbocycles. The second kappa shape index (κ2) is 3.30. The molecule has 1 nitrogen and oxygen atoms in total. The number of fused-ring (bicyclic) bond motifs is 3. The van der Waals surface area contributed by atoms with E-state index in [1.807, 2.05) is 0 Å². The van der Waals surface area contributed by atoms with Crippen LogP contribution in [0.4, 0.5) is 8.78 Å². The van der Waals surface area contributed by atoms with E-state index in [-0.39, 0.29) is 0 Å². The maximum absolute atomic E-state index is 13.8. The van der Waals surface area contributed by atoms with Gasteiger partial charge in [0.25, 0.3) is 0 Å². The molecule has 0 radical (unpaired) electrons. The lowest BCUT2D eigenvalue weighted by Gasteiger charge is -2.10. The van der Waals surface area contributed by atoms with Gasteiger partial charge in [0.15, 0.2) is 0 Å². The highest BCUT2D eigenvalue weighted by molar-refractivity contribution is 5.88. The molecule has 0 amide bonds. The molecule has 0 unspecified atom stereocenters. The largest absolute Gasteiger partial charge is 0.358 e. The molecule has 2 aromatic rings. The topological polar surface area (TPSA) is 15.8 Å². The standard InChI is InChI=1S/C13H13F2N/c1-7-9(14)6-10(15)12-8-4-2-3-5-11(8)16-13(7)12/h6,16H,2-5H2,1H3. The normalized spacial score (nSPS) is 15.4. The maximum atomic E-state index is 13.8. The van der Waals surface area contributed by atoms with Crippen molar-refractivity contribution >= 4 is 10.9 Å². The molecular weight excluding hydrogens is 208 g/mol. The second-order valence-corrected chi connectivity index (χ2v) is 4.50. The zero-order valence-electron chi connectivity index (χ0n) is 9.16. The van der Waals surface area contributed by atoms with Crippen LogP contribution in [0, 0.1) is 18.6 Å².